The lowest BCUT2D eigenvalue weighted by Crippen LogP contribution is -2.42. The number of halogens is 1. The van der Waals surface area contributed by atoms with Crippen LogP contribution in [0.5, 0.6) is 0 Å². The van der Waals surface area contributed by atoms with Crippen molar-refractivity contribution in [3.8, 4) is 33.8 Å². The fraction of sp³-hybridized carbons (Fsp3) is 0.179. The van der Waals surface area contributed by atoms with E-state index in [1.54, 1.807) is 18.5 Å². The summed E-state index contributed by atoms with van der Waals surface area (Å²) in [5.74, 6) is 0.278. The van der Waals surface area contributed by atoms with Gasteiger partial charge in [0, 0.05) is 74.2 Å². The molecule has 1 aliphatic heterocycles. The third kappa shape index (κ3) is 4.19. The number of benzene rings is 1. The first-order valence-corrected chi connectivity index (χ1v) is 12.5. The number of rotatable bonds is 5. The van der Waals surface area contributed by atoms with Gasteiger partial charge in [-0.2, -0.15) is 5.10 Å². The number of aromatic amines is 2. The third-order valence-electron chi connectivity index (χ3n) is 6.91. The van der Waals surface area contributed by atoms with Crippen LogP contribution in [0.1, 0.15) is 5.56 Å². The summed E-state index contributed by atoms with van der Waals surface area (Å²) < 4.78 is 13.9. The Morgan fingerprint density at radius 3 is 2.66 bits per heavy atom. The van der Waals surface area contributed by atoms with Crippen LogP contribution in [0.3, 0.4) is 0 Å². The van der Waals surface area contributed by atoms with Gasteiger partial charge < -0.3 is 10.3 Å². The van der Waals surface area contributed by atoms with Gasteiger partial charge in [0.2, 0.25) is 0 Å². The summed E-state index contributed by atoms with van der Waals surface area (Å²) in [6.45, 7) is 4.96. The Kier molecular flexibility index (Phi) is 5.60. The molecule has 0 saturated carbocycles. The smallest absolute Gasteiger partial charge is 0.159 e. The van der Waals surface area contributed by atoms with E-state index >= 15 is 0 Å². The highest BCUT2D eigenvalue weighted by Crippen LogP contribution is 2.32. The van der Waals surface area contributed by atoms with Crippen LogP contribution < -0.4 is 5.32 Å². The predicted molar refractivity (Wildman–Crippen MR) is 144 cm³/mol. The van der Waals surface area contributed by atoms with E-state index < -0.39 is 0 Å². The van der Waals surface area contributed by atoms with Crippen LogP contribution in [-0.2, 0) is 6.54 Å². The van der Waals surface area contributed by atoms with Gasteiger partial charge in [-0.15, -0.1) is 0 Å². The van der Waals surface area contributed by atoms with Gasteiger partial charge in [-0.3, -0.25) is 20.0 Å². The quantitative estimate of drug-likeness (QED) is 0.322. The van der Waals surface area contributed by atoms with Crippen LogP contribution in [0.4, 0.5) is 4.39 Å². The predicted octanol–water partition coefficient (Wildman–Crippen LogP) is 4.17. The molecular weight excluding hydrogens is 481 g/mol. The van der Waals surface area contributed by atoms with Crippen molar-refractivity contribution in [2.75, 3.05) is 26.2 Å². The SMILES string of the molecule is Fc1cccc(-c2cncc3[nH]c(-c4n[nH]c5ncc(-c6cncc(CN7CCNCC7)c6)cc45)nc23)c1. The number of nitrogens with one attached hydrogen (secondary N) is 3. The molecule has 1 aliphatic rings. The molecule has 3 N–H and O–H groups in total. The van der Waals surface area contributed by atoms with E-state index in [1.165, 1.54) is 17.7 Å². The molecule has 9 nitrogen and oxygen atoms in total. The van der Waals surface area contributed by atoms with Gasteiger partial charge in [-0.05, 0) is 35.4 Å². The number of imidazole rings is 1. The van der Waals surface area contributed by atoms with Crippen molar-refractivity contribution in [2.45, 2.75) is 6.54 Å². The second-order valence-electron chi connectivity index (χ2n) is 9.48. The lowest BCUT2D eigenvalue weighted by molar-refractivity contribution is 0.233. The lowest BCUT2D eigenvalue weighted by atomic mass is 10.1. The molecule has 6 aromatic rings. The molecule has 0 bridgehead atoms. The Labute approximate surface area is 217 Å². The number of nitrogens with zero attached hydrogens (tertiary/aromatic N) is 6. The Balaban J connectivity index is 1.26. The van der Waals surface area contributed by atoms with Crippen LogP contribution in [0.2, 0.25) is 0 Å². The highest BCUT2D eigenvalue weighted by Gasteiger charge is 2.17. The van der Waals surface area contributed by atoms with Crippen molar-refractivity contribution in [1.82, 2.24) is 45.3 Å². The molecule has 0 aliphatic carbocycles. The summed E-state index contributed by atoms with van der Waals surface area (Å²) in [4.78, 5) is 24.1. The minimum Gasteiger partial charge on any atom is -0.335 e. The highest BCUT2D eigenvalue weighted by atomic mass is 19.1. The number of hydrogen-bond acceptors (Lipinski definition) is 7. The molecular formula is C28H24FN9. The molecule has 0 amide bonds. The summed E-state index contributed by atoms with van der Waals surface area (Å²) in [5, 5.41) is 11.8. The van der Waals surface area contributed by atoms with Gasteiger partial charge in [-0.1, -0.05) is 12.1 Å². The molecule has 0 atom stereocenters. The largest absolute Gasteiger partial charge is 0.335 e. The minimum absolute atomic E-state index is 0.307. The Bertz CT molecular complexity index is 1770. The van der Waals surface area contributed by atoms with E-state index in [2.05, 4.69) is 52.5 Å². The normalized spacial score (nSPS) is 14.4. The molecule has 188 valence electrons. The van der Waals surface area contributed by atoms with E-state index in [0.29, 0.717) is 28.2 Å². The topological polar surface area (TPSA) is 111 Å². The van der Waals surface area contributed by atoms with Gasteiger partial charge in [0.15, 0.2) is 11.5 Å². The molecule has 0 spiro atoms. The summed E-state index contributed by atoms with van der Waals surface area (Å²) >= 11 is 0. The third-order valence-corrected chi connectivity index (χ3v) is 6.91. The molecule has 0 unspecified atom stereocenters. The maximum absolute atomic E-state index is 13.9. The number of pyridine rings is 3. The molecule has 10 heteroatoms. The second-order valence-corrected chi connectivity index (χ2v) is 9.48. The molecule has 38 heavy (non-hydrogen) atoms. The number of piperazine rings is 1. The summed E-state index contributed by atoms with van der Waals surface area (Å²) in [7, 11) is 0. The van der Waals surface area contributed by atoms with E-state index in [0.717, 1.165) is 60.3 Å². The van der Waals surface area contributed by atoms with Gasteiger partial charge in [0.1, 0.15) is 11.5 Å². The zero-order valence-electron chi connectivity index (χ0n) is 20.4. The first-order valence-electron chi connectivity index (χ1n) is 12.5. The van der Waals surface area contributed by atoms with Gasteiger partial charge in [-0.25, -0.2) is 14.4 Å². The molecule has 1 aromatic carbocycles. The van der Waals surface area contributed by atoms with Crippen molar-refractivity contribution >= 4 is 22.1 Å². The first-order chi connectivity index (χ1) is 18.7. The second kappa shape index (κ2) is 9.40. The van der Waals surface area contributed by atoms with Crippen LogP contribution in [0.25, 0.3) is 55.8 Å². The highest BCUT2D eigenvalue weighted by molar-refractivity contribution is 5.96. The first kappa shape index (κ1) is 22.6. The summed E-state index contributed by atoms with van der Waals surface area (Å²) in [5.41, 5.74) is 7.34. The fourth-order valence-electron chi connectivity index (χ4n) is 5.01. The van der Waals surface area contributed by atoms with Crippen LogP contribution in [0.15, 0.2) is 67.4 Å². The molecule has 6 heterocycles. The number of H-pyrrole nitrogens is 2. The van der Waals surface area contributed by atoms with Crippen molar-refractivity contribution in [2.24, 2.45) is 0 Å². The van der Waals surface area contributed by atoms with Crippen molar-refractivity contribution in [3.63, 3.8) is 0 Å². The number of fused-ring (bicyclic) bond motifs is 2. The standard InChI is InChI=1S/C28H24FN9/c29-21-3-1-2-18(9-21)23-14-32-15-24-25(23)35-28(34-24)26-22-10-20(13-33-27(22)37-36-26)19-8-17(11-31-12-19)16-38-6-4-30-5-7-38/h1-3,8-15,30H,4-7,16H2,(H,34,35)(H,33,36,37). The van der Waals surface area contributed by atoms with Crippen LogP contribution >= 0.6 is 0 Å². The van der Waals surface area contributed by atoms with E-state index in [-0.39, 0.29) is 5.82 Å². The molecule has 1 saturated heterocycles. The van der Waals surface area contributed by atoms with Gasteiger partial charge in [0.05, 0.1) is 22.6 Å². The number of aromatic nitrogens is 7. The summed E-state index contributed by atoms with van der Waals surface area (Å²) in [6.07, 6.45) is 9.04. The molecule has 5 aromatic heterocycles. The maximum atomic E-state index is 13.9. The van der Waals surface area contributed by atoms with Crippen molar-refractivity contribution < 1.29 is 4.39 Å². The Hall–Kier alpha value is -4.54. The van der Waals surface area contributed by atoms with E-state index in [1.807, 2.05) is 24.7 Å². The number of hydrogen-bond donors (Lipinski definition) is 3. The maximum Gasteiger partial charge on any atom is 0.159 e. The minimum atomic E-state index is -0.307. The average molecular weight is 506 g/mol. The zero-order valence-corrected chi connectivity index (χ0v) is 20.4. The van der Waals surface area contributed by atoms with Gasteiger partial charge in [0.25, 0.3) is 0 Å². The van der Waals surface area contributed by atoms with Crippen LogP contribution in [0, 0.1) is 5.82 Å². The molecule has 1 fully saturated rings. The lowest BCUT2D eigenvalue weighted by Gasteiger charge is -2.27. The van der Waals surface area contributed by atoms with Crippen molar-refractivity contribution in [1.29, 1.82) is 0 Å². The molecule has 7 rings (SSSR count). The van der Waals surface area contributed by atoms with E-state index in [4.69, 9.17) is 4.98 Å². The van der Waals surface area contributed by atoms with E-state index in [9.17, 15) is 4.39 Å². The Morgan fingerprint density at radius 2 is 1.76 bits per heavy atom. The monoisotopic (exact) mass is 505 g/mol. The zero-order chi connectivity index (χ0) is 25.5. The van der Waals surface area contributed by atoms with Crippen LogP contribution in [-0.4, -0.2) is 66.2 Å². The average Bonchev–Trinajstić information content (AvgIpc) is 3.57. The molecule has 0 radical (unpaired) electrons. The van der Waals surface area contributed by atoms with Gasteiger partial charge >= 0.3 is 0 Å². The van der Waals surface area contributed by atoms with Crippen molar-refractivity contribution in [3.05, 3.63) is 78.8 Å². The fourth-order valence-corrected chi connectivity index (χ4v) is 5.01. The Morgan fingerprint density at radius 1 is 0.895 bits per heavy atom. The summed E-state index contributed by atoms with van der Waals surface area (Å²) in [6, 6.07) is 10.7.